The predicted molar refractivity (Wildman–Crippen MR) is 173 cm³/mol. The summed E-state index contributed by atoms with van der Waals surface area (Å²) in [6, 6.07) is 0. The standard InChI is InChI=1S/C36H52O14/c1-11-12-13-14-27(42)49-32-30-34(10,25(46-20(4)38)15-26-35(30,17-44-26)50-23(7)41)31(48-22(6)40)29(47-21(5)39)28-18(2)24(45-19(3)37)16-36(32,43)33(28,8)9/h24-26,29-32,43H,11-17H2,1-10H3. The molecule has 4 rings (SSSR count). The summed E-state index contributed by atoms with van der Waals surface area (Å²) in [5.41, 5.74) is -6.19. The van der Waals surface area contributed by atoms with E-state index in [9.17, 15) is 33.9 Å². The van der Waals surface area contributed by atoms with Gasteiger partial charge < -0.3 is 38.3 Å². The third kappa shape index (κ3) is 6.65. The Morgan fingerprint density at radius 2 is 1.40 bits per heavy atom. The van der Waals surface area contributed by atoms with Crippen LogP contribution in [0, 0.1) is 16.7 Å². The molecular weight excluding hydrogens is 656 g/mol. The minimum atomic E-state index is -2.13. The Hall–Kier alpha value is -3.52. The molecule has 10 atom stereocenters. The van der Waals surface area contributed by atoms with Gasteiger partial charge in [-0.3, -0.25) is 28.8 Å². The highest BCUT2D eigenvalue weighted by Crippen LogP contribution is 2.66. The van der Waals surface area contributed by atoms with Crippen molar-refractivity contribution in [1.29, 1.82) is 0 Å². The highest BCUT2D eigenvalue weighted by molar-refractivity contribution is 5.71. The van der Waals surface area contributed by atoms with Crippen molar-refractivity contribution in [2.24, 2.45) is 16.7 Å². The third-order valence-electron chi connectivity index (χ3n) is 11.3. The maximum Gasteiger partial charge on any atom is 0.306 e. The van der Waals surface area contributed by atoms with Crippen LogP contribution < -0.4 is 0 Å². The van der Waals surface area contributed by atoms with Gasteiger partial charge in [0.05, 0.1) is 17.9 Å². The minimum Gasteiger partial charge on any atom is -0.462 e. The van der Waals surface area contributed by atoms with Gasteiger partial charge in [-0.2, -0.15) is 0 Å². The number of hydrogen-bond acceptors (Lipinski definition) is 14. The van der Waals surface area contributed by atoms with Gasteiger partial charge in [0.25, 0.3) is 0 Å². The quantitative estimate of drug-likeness (QED) is 0.150. The summed E-state index contributed by atoms with van der Waals surface area (Å²) in [6.07, 6.45) is -5.96. The summed E-state index contributed by atoms with van der Waals surface area (Å²) in [7, 11) is 0. The fourth-order valence-electron chi connectivity index (χ4n) is 9.12. The lowest BCUT2D eigenvalue weighted by Crippen LogP contribution is -2.82. The summed E-state index contributed by atoms with van der Waals surface area (Å²) >= 11 is 0. The van der Waals surface area contributed by atoms with Gasteiger partial charge in [0.2, 0.25) is 0 Å². The number of fused-ring (bicyclic) bond motifs is 5. The summed E-state index contributed by atoms with van der Waals surface area (Å²) in [4.78, 5) is 78.1. The highest BCUT2D eigenvalue weighted by atomic mass is 16.6. The molecule has 2 bridgehead atoms. The first kappa shape index (κ1) is 39.3. The van der Waals surface area contributed by atoms with Gasteiger partial charge in [0, 0.05) is 59.3 Å². The second-order valence-electron chi connectivity index (χ2n) is 14.9. The Morgan fingerprint density at radius 3 is 1.90 bits per heavy atom. The van der Waals surface area contributed by atoms with E-state index in [0.717, 1.165) is 12.8 Å². The molecule has 1 heterocycles. The Labute approximate surface area is 292 Å². The second-order valence-corrected chi connectivity index (χ2v) is 14.9. The molecule has 3 fully saturated rings. The van der Waals surface area contributed by atoms with E-state index in [4.69, 9.17) is 33.2 Å². The van der Waals surface area contributed by atoms with Crippen LogP contribution in [0.4, 0.5) is 0 Å². The van der Waals surface area contributed by atoms with E-state index in [2.05, 4.69) is 0 Å². The largest absolute Gasteiger partial charge is 0.462 e. The Kier molecular flexibility index (Phi) is 11.2. The minimum absolute atomic E-state index is 0.00328. The number of rotatable bonds is 10. The first-order chi connectivity index (χ1) is 23.2. The molecule has 1 aliphatic heterocycles. The molecular formula is C36H52O14. The van der Waals surface area contributed by atoms with E-state index in [1.807, 2.05) is 6.92 Å². The van der Waals surface area contributed by atoms with E-state index >= 15 is 0 Å². The summed E-state index contributed by atoms with van der Waals surface area (Å²) in [6.45, 7) is 14.4. The number of hydrogen-bond donors (Lipinski definition) is 1. The Balaban J connectivity index is 2.20. The van der Waals surface area contributed by atoms with Gasteiger partial charge in [-0.05, 0) is 24.5 Å². The lowest BCUT2D eigenvalue weighted by molar-refractivity contribution is -0.366. The van der Waals surface area contributed by atoms with E-state index in [1.54, 1.807) is 27.7 Å². The van der Waals surface area contributed by atoms with Crippen molar-refractivity contribution in [2.75, 3.05) is 6.61 Å². The van der Waals surface area contributed by atoms with E-state index in [1.165, 1.54) is 34.6 Å². The second kappa shape index (κ2) is 14.2. The van der Waals surface area contributed by atoms with Crippen LogP contribution in [0.5, 0.6) is 0 Å². The van der Waals surface area contributed by atoms with Gasteiger partial charge in [-0.1, -0.05) is 40.5 Å². The maximum absolute atomic E-state index is 13.9. The number of carbonyl (C=O) groups is 6. The molecule has 10 unspecified atom stereocenters. The highest BCUT2D eigenvalue weighted by Gasteiger charge is 2.79. The number of carbonyl (C=O) groups excluding carboxylic acids is 6. The van der Waals surface area contributed by atoms with Crippen molar-refractivity contribution in [3.05, 3.63) is 11.1 Å². The van der Waals surface area contributed by atoms with Crippen molar-refractivity contribution in [3.63, 3.8) is 0 Å². The van der Waals surface area contributed by atoms with Gasteiger partial charge in [-0.25, -0.2) is 0 Å². The number of aliphatic hydroxyl groups is 1. The molecule has 1 N–H and O–H groups in total. The van der Waals surface area contributed by atoms with E-state index < -0.39 is 100 Å². The molecule has 1 saturated heterocycles. The Bertz CT molecular complexity index is 1430. The van der Waals surface area contributed by atoms with Crippen LogP contribution in [-0.2, 0) is 61.9 Å². The van der Waals surface area contributed by atoms with Gasteiger partial charge >= 0.3 is 35.8 Å². The first-order valence-corrected chi connectivity index (χ1v) is 17.3. The molecule has 0 amide bonds. The smallest absolute Gasteiger partial charge is 0.306 e. The van der Waals surface area contributed by atoms with Crippen LogP contribution >= 0.6 is 0 Å². The summed E-state index contributed by atoms with van der Waals surface area (Å²) in [5, 5.41) is 13.4. The molecule has 0 aromatic heterocycles. The molecule has 0 spiro atoms. The number of unbranched alkanes of at least 4 members (excludes halogenated alkanes) is 2. The van der Waals surface area contributed by atoms with Gasteiger partial charge in [0.15, 0.2) is 17.8 Å². The zero-order valence-electron chi connectivity index (χ0n) is 30.7. The monoisotopic (exact) mass is 708 g/mol. The normalized spacial score (nSPS) is 36.9. The van der Waals surface area contributed by atoms with Crippen LogP contribution in [-0.4, -0.2) is 95.4 Å². The van der Waals surface area contributed by atoms with Gasteiger partial charge in [0.1, 0.15) is 30.0 Å². The van der Waals surface area contributed by atoms with Crippen molar-refractivity contribution < 1.29 is 67.0 Å². The Morgan fingerprint density at radius 1 is 0.800 bits per heavy atom. The molecule has 2 saturated carbocycles. The third-order valence-corrected chi connectivity index (χ3v) is 11.3. The predicted octanol–water partition coefficient (Wildman–Crippen LogP) is 3.42. The topological polar surface area (TPSA) is 187 Å². The molecule has 0 radical (unpaired) electrons. The zero-order chi connectivity index (χ0) is 37.6. The maximum atomic E-state index is 13.9. The van der Waals surface area contributed by atoms with Crippen LogP contribution in [0.15, 0.2) is 11.1 Å². The summed E-state index contributed by atoms with van der Waals surface area (Å²) < 4.78 is 42.5. The van der Waals surface area contributed by atoms with Crippen molar-refractivity contribution in [3.8, 4) is 0 Å². The molecule has 14 nitrogen and oxygen atoms in total. The lowest BCUT2D eigenvalue weighted by atomic mass is 9.44. The average Bonchev–Trinajstić information content (AvgIpc) is 2.96. The zero-order valence-corrected chi connectivity index (χ0v) is 30.7. The van der Waals surface area contributed by atoms with Crippen molar-refractivity contribution >= 4 is 35.8 Å². The van der Waals surface area contributed by atoms with Crippen molar-refractivity contribution in [1.82, 2.24) is 0 Å². The SMILES string of the molecule is CCCCCC(=O)OC1C2C3(OC(C)=O)COC3CC(OC(C)=O)C2(C)C(OC(C)=O)C(OC(C)=O)C2=C(C)C(OC(C)=O)CC1(O)C2(C)C. The van der Waals surface area contributed by atoms with Crippen molar-refractivity contribution in [2.45, 2.75) is 156 Å². The molecule has 0 aromatic carbocycles. The summed E-state index contributed by atoms with van der Waals surface area (Å²) in [5.74, 6) is -5.57. The molecule has 3 aliphatic carbocycles. The van der Waals surface area contributed by atoms with E-state index in [-0.39, 0.29) is 31.4 Å². The van der Waals surface area contributed by atoms with Crippen LogP contribution in [0.2, 0.25) is 0 Å². The fraction of sp³-hybridized carbons (Fsp3) is 0.778. The first-order valence-electron chi connectivity index (χ1n) is 17.3. The van der Waals surface area contributed by atoms with Crippen LogP contribution in [0.25, 0.3) is 0 Å². The van der Waals surface area contributed by atoms with Crippen LogP contribution in [0.1, 0.15) is 108 Å². The number of esters is 6. The molecule has 14 heteroatoms. The lowest BCUT2D eigenvalue weighted by Gasteiger charge is -2.69. The molecule has 50 heavy (non-hydrogen) atoms. The molecule has 0 aromatic rings. The number of ether oxygens (including phenoxy) is 7. The molecule has 4 aliphatic rings. The van der Waals surface area contributed by atoms with Crippen LogP contribution in [0.3, 0.4) is 0 Å². The average molecular weight is 709 g/mol. The molecule has 280 valence electrons. The van der Waals surface area contributed by atoms with Gasteiger partial charge in [-0.15, -0.1) is 0 Å². The fourth-order valence-corrected chi connectivity index (χ4v) is 9.12. The van der Waals surface area contributed by atoms with E-state index in [0.29, 0.717) is 12.0 Å².